The van der Waals surface area contributed by atoms with Crippen LogP contribution in [-0.2, 0) is 6.54 Å². The van der Waals surface area contributed by atoms with E-state index in [-0.39, 0.29) is 0 Å². The molecule has 0 aliphatic rings. The highest BCUT2D eigenvalue weighted by Crippen LogP contribution is 2.34. The first-order valence-electron chi connectivity index (χ1n) is 6.82. The third-order valence-electron chi connectivity index (χ3n) is 3.71. The van der Waals surface area contributed by atoms with Crippen LogP contribution >= 0.6 is 11.3 Å². The Hall–Kier alpha value is -2.14. The number of hydrogen-bond acceptors (Lipinski definition) is 5. The average molecular weight is 298 g/mol. The standard InChI is InChI=1S/C16H18N4S/c1-10-11(2)21-16-14(10)15(18-9-19-16)20(3)8-12-4-6-13(17)7-5-12/h4-7,9H,8,17H2,1-3H3. The molecule has 1 aromatic carbocycles. The maximum Gasteiger partial charge on any atom is 0.141 e. The Bertz CT molecular complexity index is 777. The van der Waals surface area contributed by atoms with Gasteiger partial charge in [-0.1, -0.05) is 12.1 Å². The fourth-order valence-corrected chi connectivity index (χ4v) is 3.42. The predicted octanol–water partition coefficient (Wildman–Crippen LogP) is 3.53. The van der Waals surface area contributed by atoms with Crippen molar-refractivity contribution in [1.29, 1.82) is 0 Å². The molecule has 0 aliphatic heterocycles. The van der Waals surface area contributed by atoms with Gasteiger partial charge in [-0.15, -0.1) is 11.3 Å². The van der Waals surface area contributed by atoms with E-state index in [0.29, 0.717) is 0 Å². The molecule has 0 atom stereocenters. The van der Waals surface area contributed by atoms with Gasteiger partial charge in [-0.2, -0.15) is 0 Å². The number of nitrogen functional groups attached to an aromatic ring is 1. The van der Waals surface area contributed by atoms with E-state index in [1.165, 1.54) is 16.0 Å². The van der Waals surface area contributed by atoms with Crippen LogP contribution in [0.2, 0.25) is 0 Å². The van der Waals surface area contributed by atoms with Gasteiger partial charge in [0.25, 0.3) is 0 Å². The minimum Gasteiger partial charge on any atom is -0.399 e. The molecule has 0 unspecified atom stereocenters. The van der Waals surface area contributed by atoms with Crippen LogP contribution in [-0.4, -0.2) is 17.0 Å². The summed E-state index contributed by atoms with van der Waals surface area (Å²) in [5.74, 6) is 0.985. The first kappa shape index (κ1) is 13.8. The summed E-state index contributed by atoms with van der Waals surface area (Å²) in [6.07, 6.45) is 1.65. The maximum atomic E-state index is 5.73. The summed E-state index contributed by atoms with van der Waals surface area (Å²) in [6, 6.07) is 7.96. The normalized spacial score (nSPS) is 11.0. The lowest BCUT2D eigenvalue weighted by atomic mass is 10.1. The maximum absolute atomic E-state index is 5.73. The van der Waals surface area contributed by atoms with E-state index in [1.54, 1.807) is 17.7 Å². The summed E-state index contributed by atoms with van der Waals surface area (Å²) < 4.78 is 0. The van der Waals surface area contributed by atoms with Crippen LogP contribution < -0.4 is 10.6 Å². The average Bonchev–Trinajstić information content (AvgIpc) is 2.76. The zero-order valence-corrected chi connectivity index (χ0v) is 13.2. The highest BCUT2D eigenvalue weighted by molar-refractivity contribution is 7.18. The first-order chi connectivity index (χ1) is 10.1. The molecule has 0 aliphatic carbocycles. The molecular formula is C16H18N4S. The van der Waals surface area contributed by atoms with Crippen LogP contribution in [0.5, 0.6) is 0 Å². The summed E-state index contributed by atoms with van der Waals surface area (Å²) in [7, 11) is 2.06. The first-order valence-corrected chi connectivity index (χ1v) is 7.64. The largest absolute Gasteiger partial charge is 0.399 e. The zero-order valence-electron chi connectivity index (χ0n) is 12.4. The number of aryl methyl sites for hydroxylation is 2. The minimum absolute atomic E-state index is 0.787. The van der Waals surface area contributed by atoms with Crippen molar-refractivity contribution in [2.24, 2.45) is 0 Å². The lowest BCUT2D eigenvalue weighted by molar-refractivity contribution is 0.900. The molecule has 0 fully saturated rings. The van der Waals surface area contributed by atoms with Crippen LogP contribution in [0.25, 0.3) is 10.2 Å². The second-order valence-electron chi connectivity index (χ2n) is 5.26. The molecular weight excluding hydrogens is 280 g/mol. The van der Waals surface area contributed by atoms with Crippen molar-refractivity contribution in [3.05, 3.63) is 46.6 Å². The van der Waals surface area contributed by atoms with E-state index >= 15 is 0 Å². The van der Waals surface area contributed by atoms with E-state index in [4.69, 9.17) is 5.73 Å². The Labute approximate surface area is 128 Å². The van der Waals surface area contributed by atoms with Crippen LogP contribution in [0.3, 0.4) is 0 Å². The molecule has 0 spiro atoms. The van der Waals surface area contributed by atoms with Gasteiger partial charge in [0.1, 0.15) is 17.0 Å². The van der Waals surface area contributed by atoms with Crippen LogP contribution in [0.15, 0.2) is 30.6 Å². The predicted molar refractivity (Wildman–Crippen MR) is 89.9 cm³/mol. The lowest BCUT2D eigenvalue weighted by Crippen LogP contribution is -2.18. The molecule has 0 amide bonds. The minimum atomic E-state index is 0.787. The van der Waals surface area contributed by atoms with Gasteiger partial charge >= 0.3 is 0 Å². The van der Waals surface area contributed by atoms with Crippen LogP contribution in [0, 0.1) is 13.8 Å². The van der Waals surface area contributed by atoms with E-state index in [2.05, 4.69) is 47.9 Å². The molecule has 2 aromatic heterocycles. The summed E-state index contributed by atoms with van der Waals surface area (Å²) in [4.78, 5) is 13.4. The SMILES string of the molecule is Cc1sc2ncnc(N(C)Cc3ccc(N)cc3)c2c1C. The van der Waals surface area contributed by atoms with Gasteiger partial charge in [-0.25, -0.2) is 9.97 Å². The molecule has 0 radical (unpaired) electrons. The molecule has 2 N–H and O–H groups in total. The number of aromatic nitrogens is 2. The number of benzene rings is 1. The molecule has 5 heteroatoms. The Morgan fingerprint density at radius 3 is 2.57 bits per heavy atom. The third-order valence-corrected chi connectivity index (χ3v) is 4.82. The van der Waals surface area contributed by atoms with E-state index in [9.17, 15) is 0 Å². The highest BCUT2D eigenvalue weighted by Gasteiger charge is 2.14. The molecule has 0 saturated carbocycles. The highest BCUT2D eigenvalue weighted by atomic mass is 32.1. The Kier molecular flexibility index (Phi) is 3.51. The number of thiophene rings is 1. The number of hydrogen-bond donors (Lipinski definition) is 1. The third kappa shape index (κ3) is 2.56. The van der Waals surface area contributed by atoms with Crippen molar-refractivity contribution in [2.45, 2.75) is 20.4 Å². The summed E-state index contributed by atoms with van der Waals surface area (Å²) in [6.45, 7) is 5.06. The number of anilines is 2. The molecule has 21 heavy (non-hydrogen) atoms. The van der Waals surface area contributed by atoms with Gasteiger partial charge < -0.3 is 10.6 Å². The number of rotatable bonds is 3. The summed E-state index contributed by atoms with van der Waals surface area (Å²) in [5.41, 5.74) is 9.00. The fourth-order valence-electron chi connectivity index (χ4n) is 2.43. The second-order valence-corrected chi connectivity index (χ2v) is 6.46. The number of nitrogens with zero attached hydrogens (tertiary/aromatic N) is 3. The molecule has 0 saturated heterocycles. The van der Waals surface area contributed by atoms with Gasteiger partial charge in [0.05, 0.1) is 5.39 Å². The van der Waals surface area contributed by atoms with Crippen molar-refractivity contribution >= 4 is 33.1 Å². The molecule has 108 valence electrons. The molecule has 4 nitrogen and oxygen atoms in total. The molecule has 3 rings (SSSR count). The Morgan fingerprint density at radius 1 is 1.14 bits per heavy atom. The topological polar surface area (TPSA) is 55.0 Å². The van der Waals surface area contributed by atoms with Crippen molar-refractivity contribution in [3.8, 4) is 0 Å². The Morgan fingerprint density at radius 2 is 1.86 bits per heavy atom. The molecule has 0 bridgehead atoms. The van der Waals surface area contributed by atoms with Crippen LogP contribution in [0.1, 0.15) is 16.0 Å². The lowest BCUT2D eigenvalue weighted by Gasteiger charge is -2.19. The van der Waals surface area contributed by atoms with Gasteiger partial charge in [0.15, 0.2) is 0 Å². The van der Waals surface area contributed by atoms with Gasteiger partial charge in [0.2, 0.25) is 0 Å². The number of fused-ring (bicyclic) bond motifs is 1. The van der Waals surface area contributed by atoms with Crippen molar-refractivity contribution in [2.75, 3.05) is 17.7 Å². The fraction of sp³-hybridized carbons (Fsp3) is 0.250. The van der Waals surface area contributed by atoms with E-state index in [0.717, 1.165) is 28.3 Å². The van der Waals surface area contributed by atoms with Crippen molar-refractivity contribution in [1.82, 2.24) is 9.97 Å². The van der Waals surface area contributed by atoms with Crippen LogP contribution in [0.4, 0.5) is 11.5 Å². The second kappa shape index (κ2) is 5.33. The van der Waals surface area contributed by atoms with Gasteiger partial charge in [0, 0.05) is 24.2 Å². The van der Waals surface area contributed by atoms with Gasteiger partial charge in [-0.3, -0.25) is 0 Å². The quantitative estimate of drug-likeness (QED) is 0.752. The summed E-state index contributed by atoms with van der Waals surface area (Å²) >= 11 is 1.72. The summed E-state index contributed by atoms with van der Waals surface area (Å²) in [5, 5.41) is 1.16. The monoisotopic (exact) mass is 298 g/mol. The zero-order chi connectivity index (χ0) is 15.0. The number of nitrogens with two attached hydrogens (primary N) is 1. The van der Waals surface area contributed by atoms with E-state index in [1.807, 2.05) is 12.1 Å². The van der Waals surface area contributed by atoms with E-state index < -0.39 is 0 Å². The molecule has 2 heterocycles. The molecule has 3 aromatic rings. The van der Waals surface area contributed by atoms with Crippen molar-refractivity contribution in [3.63, 3.8) is 0 Å². The Balaban J connectivity index is 1.97. The smallest absolute Gasteiger partial charge is 0.141 e. The van der Waals surface area contributed by atoms with Crippen molar-refractivity contribution < 1.29 is 0 Å². The van der Waals surface area contributed by atoms with Gasteiger partial charge in [-0.05, 0) is 37.1 Å².